The number of aryl methyl sites for hydroxylation is 2. The van der Waals surface area contributed by atoms with Crippen molar-refractivity contribution in [2.24, 2.45) is 11.7 Å². The van der Waals surface area contributed by atoms with Gasteiger partial charge in [-0.3, -0.25) is 4.79 Å². The number of furan rings is 1. The van der Waals surface area contributed by atoms with Crippen LogP contribution in [0.1, 0.15) is 47.2 Å². The molecule has 1 aromatic rings. The van der Waals surface area contributed by atoms with Gasteiger partial charge in [-0.05, 0) is 39.5 Å². The van der Waals surface area contributed by atoms with Gasteiger partial charge in [0.05, 0.1) is 5.56 Å². The van der Waals surface area contributed by atoms with Crippen molar-refractivity contribution in [3.63, 3.8) is 0 Å². The largest absolute Gasteiger partial charge is 0.466 e. The summed E-state index contributed by atoms with van der Waals surface area (Å²) in [7, 11) is 0. The predicted octanol–water partition coefficient (Wildman–Crippen LogP) is 2.40. The van der Waals surface area contributed by atoms with Crippen LogP contribution in [0.3, 0.4) is 0 Å². The first-order chi connectivity index (χ1) is 8.97. The van der Waals surface area contributed by atoms with Gasteiger partial charge in [0.25, 0.3) is 5.91 Å². The number of rotatable bonds is 2. The molecule has 1 fully saturated rings. The molecule has 4 heteroatoms. The molecular weight excluding hydrogens is 240 g/mol. The fourth-order valence-corrected chi connectivity index (χ4v) is 3.11. The van der Waals surface area contributed by atoms with E-state index in [1.165, 1.54) is 0 Å². The van der Waals surface area contributed by atoms with Crippen LogP contribution >= 0.6 is 0 Å². The highest BCUT2D eigenvalue weighted by atomic mass is 16.3. The zero-order valence-electron chi connectivity index (χ0n) is 12.3. The third-order valence-electron chi connectivity index (χ3n) is 4.39. The minimum atomic E-state index is 0.0776. The number of likely N-dealkylation sites (tertiary alicyclic amines) is 1. The summed E-state index contributed by atoms with van der Waals surface area (Å²) in [5, 5.41) is 0. The minimum absolute atomic E-state index is 0.0776. The van der Waals surface area contributed by atoms with E-state index in [1.807, 2.05) is 25.7 Å². The third kappa shape index (κ3) is 2.41. The molecule has 1 aliphatic heterocycles. The van der Waals surface area contributed by atoms with Crippen molar-refractivity contribution in [2.75, 3.05) is 13.1 Å². The van der Waals surface area contributed by atoms with Crippen LogP contribution in [0, 0.1) is 26.7 Å². The number of piperidine rings is 1. The molecule has 2 rings (SSSR count). The molecular formula is C15H24N2O2. The molecule has 2 N–H and O–H groups in total. The lowest BCUT2D eigenvalue weighted by Gasteiger charge is -2.39. The highest BCUT2D eigenvalue weighted by Gasteiger charge is 2.33. The van der Waals surface area contributed by atoms with Gasteiger partial charge in [-0.1, -0.05) is 6.92 Å². The van der Waals surface area contributed by atoms with Gasteiger partial charge in [0.15, 0.2) is 0 Å². The van der Waals surface area contributed by atoms with Gasteiger partial charge in [0, 0.05) is 24.7 Å². The Bertz CT molecular complexity index is 479. The maximum atomic E-state index is 12.8. The molecule has 1 aliphatic rings. The van der Waals surface area contributed by atoms with Crippen LogP contribution < -0.4 is 5.73 Å². The minimum Gasteiger partial charge on any atom is -0.466 e. The molecule has 2 atom stereocenters. The fraction of sp³-hybridized carbons (Fsp3) is 0.667. The molecule has 0 aliphatic carbocycles. The number of hydrogen-bond donors (Lipinski definition) is 1. The maximum absolute atomic E-state index is 12.8. The average molecular weight is 264 g/mol. The van der Waals surface area contributed by atoms with E-state index in [-0.39, 0.29) is 11.9 Å². The van der Waals surface area contributed by atoms with Crippen LogP contribution in [0.5, 0.6) is 0 Å². The van der Waals surface area contributed by atoms with Gasteiger partial charge in [-0.2, -0.15) is 0 Å². The van der Waals surface area contributed by atoms with Gasteiger partial charge in [0.1, 0.15) is 11.5 Å². The zero-order valence-corrected chi connectivity index (χ0v) is 12.3. The summed E-state index contributed by atoms with van der Waals surface area (Å²) in [5.41, 5.74) is 7.55. The summed E-state index contributed by atoms with van der Waals surface area (Å²) in [6, 6.07) is 0.148. The SMILES string of the molecule is Cc1oc(C)c(C(=O)N2CCCC(C)C2CN)c1C. The monoisotopic (exact) mass is 264 g/mol. The second-order valence-electron chi connectivity index (χ2n) is 5.64. The van der Waals surface area contributed by atoms with Crippen LogP contribution in [0.4, 0.5) is 0 Å². The number of carbonyl (C=O) groups is 1. The summed E-state index contributed by atoms with van der Waals surface area (Å²) in [6.07, 6.45) is 2.20. The molecule has 0 radical (unpaired) electrons. The van der Waals surface area contributed by atoms with Gasteiger partial charge >= 0.3 is 0 Å². The number of hydrogen-bond acceptors (Lipinski definition) is 3. The Hall–Kier alpha value is -1.29. The van der Waals surface area contributed by atoms with Gasteiger partial charge in [-0.25, -0.2) is 0 Å². The van der Waals surface area contributed by atoms with Gasteiger partial charge in [-0.15, -0.1) is 0 Å². The number of amides is 1. The van der Waals surface area contributed by atoms with Crippen LogP contribution in [-0.4, -0.2) is 29.9 Å². The Morgan fingerprint density at radius 3 is 2.58 bits per heavy atom. The Morgan fingerprint density at radius 1 is 1.37 bits per heavy atom. The van der Waals surface area contributed by atoms with Crippen LogP contribution in [0.25, 0.3) is 0 Å². The Labute approximate surface area is 114 Å². The van der Waals surface area contributed by atoms with Gasteiger partial charge in [0.2, 0.25) is 0 Å². The molecule has 0 spiro atoms. The van der Waals surface area contributed by atoms with Crippen molar-refractivity contribution in [1.29, 1.82) is 0 Å². The molecule has 19 heavy (non-hydrogen) atoms. The van der Waals surface area contributed by atoms with E-state index < -0.39 is 0 Å². The summed E-state index contributed by atoms with van der Waals surface area (Å²) in [4.78, 5) is 14.7. The van der Waals surface area contributed by atoms with E-state index in [1.54, 1.807) is 0 Å². The summed E-state index contributed by atoms with van der Waals surface area (Å²) >= 11 is 0. The molecule has 2 unspecified atom stereocenters. The fourth-order valence-electron chi connectivity index (χ4n) is 3.11. The van der Waals surface area contributed by atoms with E-state index in [4.69, 9.17) is 10.2 Å². The molecule has 1 saturated heterocycles. The molecule has 1 aromatic heterocycles. The molecule has 4 nitrogen and oxygen atoms in total. The summed E-state index contributed by atoms with van der Waals surface area (Å²) in [6.45, 7) is 9.22. The van der Waals surface area contributed by atoms with Crippen molar-refractivity contribution in [1.82, 2.24) is 4.90 Å². The molecule has 0 bridgehead atoms. The average Bonchev–Trinajstić information content (AvgIpc) is 2.62. The zero-order chi connectivity index (χ0) is 14.2. The Balaban J connectivity index is 2.32. The first-order valence-electron chi connectivity index (χ1n) is 7.05. The second-order valence-corrected chi connectivity index (χ2v) is 5.64. The number of nitrogens with zero attached hydrogens (tertiary/aromatic N) is 1. The normalized spacial score (nSPS) is 23.7. The molecule has 2 heterocycles. The molecule has 1 amide bonds. The van der Waals surface area contributed by atoms with Crippen LogP contribution in [0.2, 0.25) is 0 Å². The number of carbonyl (C=O) groups excluding carboxylic acids is 1. The first kappa shape index (κ1) is 14.1. The Morgan fingerprint density at radius 2 is 2.05 bits per heavy atom. The lowest BCUT2D eigenvalue weighted by molar-refractivity contribution is 0.0530. The van der Waals surface area contributed by atoms with E-state index in [0.717, 1.165) is 36.3 Å². The van der Waals surface area contributed by atoms with E-state index in [2.05, 4.69) is 6.92 Å². The summed E-state index contributed by atoms with van der Waals surface area (Å²) in [5.74, 6) is 2.09. The predicted molar refractivity (Wildman–Crippen MR) is 75.2 cm³/mol. The highest BCUT2D eigenvalue weighted by molar-refractivity contribution is 5.97. The van der Waals surface area contributed by atoms with Crippen molar-refractivity contribution in [3.05, 3.63) is 22.6 Å². The second kappa shape index (κ2) is 5.37. The molecule has 106 valence electrons. The maximum Gasteiger partial charge on any atom is 0.257 e. The lowest BCUT2D eigenvalue weighted by atomic mass is 9.90. The van der Waals surface area contributed by atoms with Gasteiger partial charge < -0.3 is 15.1 Å². The van der Waals surface area contributed by atoms with Crippen LogP contribution in [-0.2, 0) is 0 Å². The third-order valence-corrected chi connectivity index (χ3v) is 4.39. The van der Waals surface area contributed by atoms with Crippen molar-refractivity contribution >= 4 is 5.91 Å². The highest BCUT2D eigenvalue weighted by Crippen LogP contribution is 2.28. The molecule has 0 aromatic carbocycles. The van der Waals surface area contributed by atoms with Crippen molar-refractivity contribution in [3.8, 4) is 0 Å². The van der Waals surface area contributed by atoms with E-state index in [9.17, 15) is 4.79 Å². The van der Waals surface area contributed by atoms with E-state index in [0.29, 0.717) is 18.2 Å². The topological polar surface area (TPSA) is 59.5 Å². The Kier molecular flexibility index (Phi) is 3.99. The van der Waals surface area contributed by atoms with Crippen LogP contribution in [0.15, 0.2) is 4.42 Å². The van der Waals surface area contributed by atoms with Crippen molar-refractivity contribution in [2.45, 2.75) is 46.6 Å². The first-order valence-corrected chi connectivity index (χ1v) is 7.05. The van der Waals surface area contributed by atoms with E-state index >= 15 is 0 Å². The van der Waals surface area contributed by atoms with Crippen molar-refractivity contribution < 1.29 is 9.21 Å². The summed E-state index contributed by atoms with van der Waals surface area (Å²) < 4.78 is 5.57. The smallest absolute Gasteiger partial charge is 0.257 e. The standard InChI is InChI=1S/C15H24N2O2/c1-9-6-5-7-17(13(9)8-16)15(18)14-10(2)11(3)19-12(14)4/h9,13H,5-8,16H2,1-4H3. The lowest BCUT2D eigenvalue weighted by Crippen LogP contribution is -2.51. The number of nitrogens with two attached hydrogens (primary N) is 1. The quantitative estimate of drug-likeness (QED) is 0.892. The molecule has 0 saturated carbocycles.